The molecule has 1 heterocycles. The second-order valence-corrected chi connectivity index (χ2v) is 6.26. The van der Waals surface area contributed by atoms with E-state index in [1.54, 1.807) is 0 Å². The highest BCUT2D eigenvalue weighted by Gasteiger charge is 2.35. The van der Waals surface area contributed by atoms with Gasteiger partial charge in [-0.3, -0.25) is 14.4 Å². The standard InChI is InChI=1S/C15H16Cl2N2O4/c1-8(15(22)23)18-13(20)12-3-2-4-19(12)14(21)9-5-10(16)7-11(17)6-9/h5-8,12H,2-4H2,1H3,(H,18,20)(H,22,23)/t8-,12?/m1/s1. The molecule has 2 rings (SSSR count). The van der Waals surface area contributed by atoms with E-state index in [9.17, 15) is 14.4 Å². The quantitative estimate of drug-likeness (QED) is 0.863. The van der Waals surface area contributed by atoms with Crippen molar-refractivity contribution in [1.29, 1.82) is 0 Å². The minimum absolute atomic E-state index is 0.300. The normalized spacial score (nSPS) is 18.6. The van der Waals surface area contributed by atoms with Gasteiger partial charge < -0.3 is 15.3 Å². The Morgan fingerprint density at radius 3 is 2.43 bits per heavy atom. The molecule has 0 spiro atoms. The average Bonchev–Trinajstić information content (AvgIpc) is 2.94. The lowest BCUT2D eigenvalue weighted by atomic mass is 10.1. The summed E-state index contributed by atoms with van der Waals surface area (Å²) < 4.78 is 0. The maximum Gasteiger partial charge on any atom is 0.325 e. The van der Waals surface area contributed by atoms with Gasteiger partial charge in [0.15, 0.2) is 0 Å². The van der Waals surface area contributed by atoms with Crippen molar-refractivity contribution in [3.05, 3.63) is 33.8 Å². The number of aliphatic carboxylic acids is 1. The molecule has 1 aliphatic heterocycles. The SMILES string of the molecule is C[C@@H](NC(=O)C1CCCN1C(=O)c1cc(Cl)cc(Cl)c1)C(=O)O. The molecule has 0 bridgehead atoms. The van der Waals surface area contributed by atoms with Crippen molar-refractivity contribution in [2.75, 3.05) is 6.54 Å². The summed E-state index contributed by atoms with van der Waals surface area (Å²) in [5.74, 6) is -1.95. The fourth-order valence-electron chi connectivity index (χ4n) is 2.50. The van der Waals surface area contributed by atoms with Crippen LogP contribution in [0.3, 0.4) is 0 Å². The van der Waals surface area contributed by atoms with Crippen LogP contribution in [0.2, 0.25) is 10.0 Å². The topological polar surface area (TPSA) is 86.7 Å². The lowest BCUT2D eigenvalue weighted by Crippen LogP contribution is -2.50. The monoisotopic (exact) mass is 358 g/mol. The number of carboxylic acid groups (broad SMARTS) is 1. The van der Waals surface area contributed by atoms with Crippen molar-refractivity contribution in [2.24, 2.45) is 0 Å². The van der Waals surface area contributed by atoms with Crippen molar-refractivity contribution in [3.63, 3.8) is 0 Å². The maximum atomic E-state index is 12.6. The van der Waals surface area contributed by atoms with E-state index in [-0.39, 0.29) is 5.91 Å². The highest BCUT2D eigenvalue weighted by molar-refractivity contribution is 6.35. The summed E-state index contributed by atoms with van der Waals surface area (Å²) in [5.41, 5.74) is 0.300. The fourth-order valence-corrected chi connectivity index (χ4v) is 3.02. The molecule has 0 aliphatic carbocycles. The van der Waals surface area contributed by atoms with Crippen molar-refractivity contribution >= 4 is 41.0 Å². The number of carboxylic acids is 1. The lowest BCUT2D eigenvalue weighted by Gasteiger charge is -2.25. The Bertz CT molecular complexity index is 630. The van der Waals surface area contributed by atoms with Gasteiger partial charge in [-0.15, -0.1) is 0 Å². The van der Waals surface area contributed by atoms with Crippen LogP contribution in [0.4, 0.5) is 0 Å². The molecule has 1 fully saturated rings. The summed E-state index contributed by atoms with van der Waals surface area (Å²) in [4.78, 5) is 37.1. The third-order valence-corrected chi connectivity index (χ3v) is 4.09. The smallest absolute Gasteiger partial charge is 0.325 e. The van der Waals surface area contributed by atoms with Gasteiger partial charge in [-0.05, 0) is 38.0 Å². The van der Waals surface area contributed by atoms with Gasteiger partial charge in [-0.2, -0.15) is 0 Å². The van der Waals surface area contributed by atoms with Gasteiger partial charge >= 0.3 is 5.97 Å². The van der Waals surface area contributed by atoms with Gasteiger partial charge in [0.25, 0.3) is 5.91 Å². The van der Waals surface area contributed by atoms with Crippen LogP contribution in [0.25, 0.3) is 0 Å². The number of benzene rings is 1. The molecule has 1 aliphatic rings. The molecule has 124 valence electrons. The first kappa shape index (κ1) is 17.6. The van der Waals surface area contributed by atoms with Gasteiger partial charge in [-0.25, -0.2) is 0 Å². The van der Waals surface area contributed by atoms with E-state index in [1.165, 1.54) is 30.0 Å². The zero-order valence-electron chi connectivity index (χ0n) is 12.4. The van der Waals surface area contributed by atoms with E-state index in [1.807, 2.05) is 0 Å². The van der Waals surface area contributed by atoms with Crippen molar-refractivity contribution < 1.29 is 19.5 Å². The number of likely N-dealkylation sites (tertiary alicyclic amines) is 1. The zero-order chi connectivity index (χ0) is 17.1. The fraction of sp³-hybridized carbons (Fsp3) is 0.400. The number of nitrogens with one attached hydrogen (secondary N) is 1. The van der Waals surface area contributed by atoms with Crippen LogP contribution in [0.5, 0.6) is 0 Å². The molecule has 8 heteroatoms. The van der Waals surface area contributed by atoms with Crippen molar-refractivity contribution in [3.8, 4) is 0 Å². The summed E-state index contributed by atoms with van der Waals surface area (Å²) in [5, 5.41) is 11.9. The third-order valence-electron chi connectivity index (χ3n) is 3.66. The average molecular weight is 359 g/mol. The Labute approximate surface area is 143 Å². The predicted octanol–water partition coefficient (Wildman–Crippen LogP) is 2.19. The first-order valence-electron chi connectivity index (χ1n) is 7.10. The molecule has 2 amide bonds. The number of hydrogen-bond acceptors (Lipinski definition) is 3. The van der Waals surface area contributed by atoms with Gasteiger partial charge in [0.05, 0.1) is 0 Å². The van der Waals surface area contributed by atoms with Crippen LogP contribution in [-0.2, 0) is 9.59 Å². The van der Waals surface area contributed by atoms with Gasteiger partial charge in [-0.1, -0.05) is 23.2 Å². The number of amides is 2. The molecule has 0 radical (unpaired) electrons. The molecule has 2 N–H and O–H groups in total. The van der Waals surface area contributed by atoms with Gasteiger partial charge in [0.2, 0.25) is 5.91 Å². The Morgan fingerprint density at radius 2 is 1.87 bits per heavy atom. The first-order valence-corrected chi connectivity index (χ1v) is 7.85. The molecule has 2 atom stereocenters. The molecule has 0 saturated carbocycles. The third kappa shape index (κ3) is 4.14. The van der Waals surface area contributed by atoms with Gasteiger partial charge in [0, 0.05) is 22.2 Å². The summed E-state index contributed by atoms with van der Waals surface area (Å²) in [6.45, 7) is 1.79. The summed E-state index contributed by atoms with van der Waals surface area (Å²) >= 11 is 11.8. The van der Waals surface area contributed by atoms with Crippen LogP contribution in [-0.4, -0.2) is 46.4 Å². The van der Waals surface area contributed by atoms with E-state index in [0.29, 0.717) is 35.0 Å². The molecular formula is C15H16Cl2N2O4. The van der Waals surface area contributed by atoms with Crippen LogP contribution >= 0.6 is 23.2 Å². The van der Waals surface area contributed by atoms with Crippen LogP contribution in [0.15, 0.2) is 18.2 Å². The number of nitrogens with zero attached hydrogens (tertiary/aromatic N) is 1. The molecular weight excluding hydrogens is 343 g/mol. The van der Waals surface area contributed by atoms with E-state index in [0.717, 1.165) is 0 Å². The van der Waals surface area contributed by atoms with E-state index >= 15 is 0 Å². The number of hydrogen-bond donors (Lipinski definition) is 2. The second-order valence-electron chi connectivity index (χ2n) is 5.38. The van der Waals surface area contributed by atoms with Crippen LogP contribution < -0.4 is 5.32 Å². The number of carbonyl (C=O) groups is 3. The number of carbonyl (C=O) groups excluding carboxylic acids is 2. The largest absolute Gasteiger partial charge is 0.480 e. The molecule has 1 aromatic carbocycles. The van der Waals surface area contributed by atoms with E-state index < -0.39 is 24.0 Å². The van der Waals surface area contributed by atoms with Crippen LogP contribution in [0, 0.1) is 0 Å². The van der Waals surface area contributed by atoms with Crippen molar-refractivity contribution in [1.82, 2.24) is 10.2 Å². The molecule has 1 unspecified atom stereocenters. The molecule has 1 aromatic rings. The zero-order valence-corrected chi connectivity index (χ0v) is 13.9. The Morgan fingerprint density at radius 1 is 1.26 bits per heavy atom. The summed E-state index contributed by atoms with van der Waals surface area (Å²) in [7, 11) is 0. The maximum absolute atomic E-state index is 12.6. The van der Waals surface area contributed by atoms with Crippen molar-refractivity contribution in [2.45, 2.75) is 31.8 Å². The first-order chi connectivity index (χ1) is 10.8. The molecule has 23 heavy (non-hydrogen) atoms. The van der Waals surface area contributed by atoms with E-state index in [2.05, 4.69) is 5.32 Å². The summed E-state index contributed by atoms with van der Waals surface area (Å²) in [6.07, 6.45) is 1.15. The van der Waals surface area contributed by atoms with E-state index in [4.69, 9.17) is 28.3 Å². The minimum atomic E-state index is -1.13. The Balaban J connectivity index is 2.16. The Kier molecular flexibility index (Phi) is 5.49. The molecule has 0 aromatic heterocycles. The molecule has 1 saturated heterocycles. The highest BCUT2D eigenvalue weighted by atomic mass is 35.5. The van der Waals surface area contributed by atoms with Gasteiger partial charge in [0.1, 0.15) is 12.1 Å². The number of rotatable bonds is 4. The number of halogens is 2. The summed E-state index contributed by atoms with van der Waals surface area (Å²) in [6, 6.07) is 2.79. The highest BCUT2D eigenvalue weighted by Crippen LogP contribution is 2.24. The lowest BCUT2D eigenvalue weighted by molar-refractivity contribution is -0.141. The Hall–Kier alpha value is -1.79. The molecule has 6 nitrogen and oxygen atoms in total. The predicted molar refractivity (Wildman–Crippen MR) is 85.8 cm³/mol. The second kappa shape index (κ2) is 7.19. The minimum Gasteiger partial charge on any atom is -0.480 e. The van der Waals surface area contributed by atoms with Crippen LogP contribution in [0.1, 0.15) is 30.1 Å².